The summed E-state index contributed by atoms with van der Waals surface area (Å²) < 4.78 is 40.0. The number of aromatic nitrogens is 2. The molecule has 0 unspecified atom stereocenters. The molecule has 0 saturated carbocycles. The Labute approximate surface area is 173 Å². The lowest BCUT2D eigenvalue weighted by molar-refractivity contribution is 0.602. The highest BCUT2D eigenvalue weighted by Crippen LogP contribution is 2.24. The molecule has 1 aromatic heterocycles. The summed E-state index contributed by atoms with van der Waals surface area (Å²) in [5, 5.41) is 0. The molecule has 0 aliphatic heterocycles. The Hall–Kier alpha value is -3.45. The fourth-order valence-corrected chi connectivity index (χ4v) is 3.93. The van der Waals surface area contributed by atoms with Gasteiger partial charge in [0.15, 0.2) is 9.84 Å². The van der Waals surface area contributed by atoms with Crippen LogP contribution in [0.1, 0.15) is 5.56 Å². The molecule has 0 aliphatic carbocycles. The van der Waals surface area contributed by atoms with Crippen molar-refractivity contribution in [2.45, 2.75) is 11.4 Å². The molecule has 0 fully saturated rings. The zero-order valence-corrected chi connectivity index (χ0v) is 17.0. The summed E-state index contributed by atoms with van der Waals surface area (Å²) in [4.78, 5) is 13.4. The molecule has 4 rings (SSSR count). The number of nitrogens with zero attached hydrogens (tertiary/aromatic N) is 2. The van der Waals surface area contributed by atoms with E-state index in [4.69, 9.17) is 0 Å². The van der Waals surface area contributed by atoms with Gasteiger partial charge in [0.1, 0.15) is 5.82 Å². The van der Waals surface area contributed by atoms with Crippen molar-refractivity contribution in [1.29, 1.82) is 0 Å². The van der Waals surface area contributed by atoms with Crippen LogP contribution in [0.5, 0.6) is 0 Å². The fraction of sp³-hybridized carbons (Fsp3) is 0.0870. The summed E-state index contributed by atoms with van der Waals surface area (Å²) in [6.07, 6.45) is 2.88. The van der Waals surface area contributed by atoms with Crippen LogP contribution in [0, 0.1) is 5.82 Å². The monoisotopic (exact) mass is 422 g/mol. The molecule has 4 aromatic rings. The molecule has 152 valence electrons. The van der Waals surface area contributed by atoms with E-state index in [1.807, 2.05) is 30.3 Å². The van der Waals surface area contributed by atoms with Crippen LogP contribution >= 0.6 is 0 Å². The van der Waals surface area contributed by atoms with Gasteiger partial charge in [-0.25, -0.2) is 17.6 Å². The van der Waals surface area contributed by atoms with E-state index in [0.717, 1.165) is 11.8 Å². The van der Waals surface area contributed by atoms with Gasteiger partial charge < -0.3 is 0 Å². The van der Waals surface area contributed by atoms with Crippen LogP contribution in [0.4, 0.5) is 4.39 Å². The smallest absolute Gasteiger partial charge is 0.294 e. The Kier molecular flexibility index (Phi) is 5.13. The molecule has 30 heavy (non-hydrogen) atoms. The van der Waals surface area contributed by atoms with Gasteiger partial charge in [0.25, 0.3) is 0 Å². The Balaban J connectivity index is 1.86. The van der Waals surface area contributed by atoms with Crippen molar-refractivity contribution in [2.75, 3.05) is 6.26 Å². The highest BCUT2D eigenvalue weighted by atomic mass is 32.2. The van der Waals surface area contributed by atoms with Crippen LogP contribution in [0.2, 0.25) is 0 Å². The van der Waals surface area contributed by atoms with E-state index < -0.39 is 15.7 Å². The number of benzene rings is 3. The van der Waals surface area contributed by atoms with Crippen molar-refractivity contribution in [3.63, 3.8) is 0 Å². The second-order valence-corrected chi connectivity index (χ2v) is 9.03. The van der Waals surface area contributed by atoms with E-state index >= 15 is 0 Å². The maximum Gasteiger partial charge on any atom is 0.333 e. The van der Waals surface area contributed by atoms with Crippen LogP contribution in [0.3, 0.4) is 0 Å². The summed E-state index contributed by atoms with van der Waals surface area (Å²) in [5.74, 6) is -0.394. The van der Waals surface area contributed by atoms with Crippen LogP contribution in [-0.2, 0) is 16.4 Å². The largest absolute Gasteiger partial charge is 0.333 e. The third kappa shape index (κ3) is 3.97. The van der Waals surface area contributed by atoms with Crippen LogP contribution in [0.25, 0.3) is 16.9 Å². The van der Waals surface area contributed by atoms with Gasteiger partial charge in [0.05, 0.1) is 22.8 Å². The van der Waals surface area contributed by atoms with Crippen molar-refractivity contribution in [3.05, 3.63) is 107 Å². The Bertz CT molecular complexity index is 1340. The molecular weight excluding hydrogens is 403 g/mol. The van der Waals surface area contributed by atoms with Gasteiger partial charge in [0, 0.05) is 18.0 Å². The molecule has 0 saturated heterocycles. The summed E-state index contributed by atoms with van der Waals surface area (Å²) >= 11 is 0. The first-order valence-electron chi connectivity index (χ1n) is 9.25. The maximum atomic E-state index is 13.4. The predicted octanol–water partition coefficient (Wildman–Crippen LogP) is 3.90. The van der Waals surface area contributed by atoms with Crippen molar-refractivity contribution < 1.29 is 12.8 Å². The van der Waals surface area contributed by atoms with E-state index in [1.54, 1.807) is 22.9 Å². The molecule has 0 bridgehead atoms. The lowest BCUT2D eigenvalue weighted by Gasteiger charge is -2.08. The Morgan fingerprint density at radius 1 is 0.867 bits per heavy atom. The standard InChI is InChI=1S/C23H19FN2O3S/c1-30(28,29)21-13-7-18(8-14-21)22-16-25(15-17-5-3-2-4-6-17)23(27)26(22)20-11-9-19(24)10-12-20/h2-14,16H,15H2,1H3. The van der Waals surface area contributed by atoms with Gasteiger partial charge in [-0.2, -0.15) is 0 Å². The first-order chi connectivity index (χ1) is 14.3. The van der Waals surface area contributed by atoms with Crippen LogP contribution in [-0.4, -0.2) is 23.8 Å². The van der Waals surface area contributed by atoms with Crippen LogP contribution in [0.15, 0.2) is 94.7 Å². The molecule has 0 spiro atoms. The minimum Gasteiger partial charge on any atom is -0.294 e. The normalized spacial score (nSPS) is 11.5. The molecular formula is C23H19FN2O3S. The van der Waals surface area contributed by atoms with Gasteiger partial charge in [-0.3, -0.25) is 9.13 Å². The molecule has 0 N–H and O–H groups in total. The molecule has 0 radical (unpaired) electrons. The number of hydrogen-bond donors (Lipinski definition) is 0. The predicted molar refractivity (Wildman–Crippen MR) is 114 cm³/mol. The van der Waals surface area contributed by atoms with Gasteiger partial charge in [-0.15, -0.1) is 0 Å². The van der Waals surface area contributed by atoms with Crippen LogP contribution < -0.4 is 5.69 Å². The maximum absolute atomic E-state index is 13.4. The summed E-state index contributed by atoms with van der Waals surface area (Å²) in [7, 11) is -3.33. The van der Waals surface area contributed by atoms with Crippen molar-refractivity contribution >= 4 is 9.84 Å². The molecule has 1 heterocycles. The number of sulfone groups is 1. The minimum absolute atomic E-state index is 0.200. The van der Waals surface area contributed by atoms with Crippen molar-refractivity contribution in [3.8, 4) is 16.9 Å². The molecule has 7 heteroatoms. The highest BCUT2D eigenvalue weighted by Gasteiger charge is 2.16. The van der Waals surface area contributed by atoms with Gasteiger partial charge in [-0.05, 0) is 42.0 Å². The first kappa shape index (κ1) is 19.8. The molecule has 0 aliphatic rings. The number of hydrogen-bond acceptors (Lipinski definition) is 3. The average Bonchev–Trinajstić information content (AvgIpc) is 3.05. The Morgan fingerprint density at radius 3 is 2.10 bits per heavy atom. The summed E-state index contributed by atoms with van der Waals surface area (Å²) in [5.41, 5.74) is 2.48. The lowest BCUT2D eigenvalue weighted by atomic mass is 10.1. The second kappa shape index (κ2) is 7.76. The summed E-state index contributed by atoms with van der Waals surface area (Å²) in [6, 6.07) is 21.6. The first-order valence-corrected chi connectivity index (χ1v) is 11.1. The fourth-order valence-electron chi connectivity index (χ4n) is 3.30. The second-order valence-electron chi connectivity index (χ2n) is 7.02. The zero-order valence-electron chi connectivity index (χ0n) is 16.2. The van der Waals surface area contributed by atoms with Crippen molar-refractivity contribution in [2.24, 2.45) is 0 Å². The molecule has 3 aromatic carbocycles. The van der Waals surface area contributed by atoms with E-state index in [2.05, 4.69) is 0 Å². The topological polar surface area (TPSA) is 61.1 Å². The number of halogens is 1. The van der Waals surface area contributed by atoms with E-state index in [0.29, 0.717) is 23.5 Å². The lowest BCUT2D eigenvalue weighted by Crippen LogP contribution is -2.23. The number of imidazole rings is 1. The minimum atomic E-state index is -3.33. The molecule has 0 amide bonds. The number of rotatable bonds is 5. The summed E-state index contributed by atoms with van der Waals surface area (Å²) in [6.45, 7) is 0.377. The quantitative estimate of drug-likeness (QED) is 0.490. The third-order valence-electron chi connectivity index (χ3n) is 4.81. The SMILES string of the molecule is CS(=O)(=O)c1ccc(-c2cn(Cc3ccccc3)c(=O)n2-c2ccc(F)cc2)cc1. The van der Waals surface area contributed by atoms with E-state index in [-0.39, 0.29) is 10.6 Å². The average molecular weight is 422 g/mol. The van der Waals surface area contributed by atoms with Gasteiger partial charge in [-0.1, -0.05) is 42.5 Å². The Morgan fingerprint density at radius 2 is 1.50 bits per heavy atom. The zero-order chi connectivity index (χ0) is 21.3. The van der Waals surface area contributed by atoms with E-state index in [1.165, 1.54) is 41.0 Å². The van der Waals surface area contributed by atoms with Gasteiger partial charge in [0.2, 0.25) is 0 Å². The van der Waals surface area contributed by atoms with Crippen molar-refractivity contribution in [1.82, 2.24) is 9.13 Å². The molecule has 0 atom stereocenters. The van der Waals surface area contributed by atoms with E-state index in [9.17, 15) is 17.6 Å². The molecule has 5 nitrogen and oxygen atoms in total. The third-order valence-corrected chi connectivity index (χ3v) is 5.94. The van der Waals surface area contributed by atoms with Gasteiger partial charge >= 0.3 is 5.69 Å². The highest BCUT2D eigenvalue weighted by molar-refractivity contribution is 7.90.